The Morgan fingerprint density at radius 2 is 1.94 bits per heavy atom. The molecule has 31 heavy (non-hydrogen) atoms. The normalized spacial score (nSPS) is 23.5. The van der Waals surface area contributed by atoms with Gasteiger partial charge in [0.25, 0.3) is 0 Å². The zero-order valence-electron chi connectivity index (χ0n) is 18.3. The Labute approximate surface area is 182 Å². The van der Waals surface area contributed by atoms with Gasteiger partial charge in [-0.2, -0.15) is 0 Å². The highest BCUT2D eigenvalue weighted by Gasteiger charge is 2.66. The number of aryl methyl sites for hydroxylation is 1. The zero-order valence-corrected chi connectivity index (χ0v) is 18.3. The van der Waals surface area contributed by atoms with Crippen LogP contribution >= 0.6 is 0 Å². The fourth-order valence-electron chi connectivity index (χ4n) is 5.02. The molecule has 3 aromatic carbocycles. The van der Waals surface area contributed by atoms with Crippen molar-refractivity contribution in [3.05, 3.63) is 65.7 Å². The number of nitrogens with zero attached hydrogens (tertiary/aromatic N) is 2. The van der Waals surface area contributed by atoms with Crippen molar-refractivity contribution in [3.8, 4) is 5.75 Å². The molecule has 2 unspecified atom stereocenters. The van der Waals surface area contributed by atoms with E-state index in [1.165, 1.54) is 0 Å². The molecule has 5 rings (SSSR count). The average molecular weight is 415 g/mol. The first kappa shape index (κ1) is 19.6. The van der Waals surface area contributed by atoms with E-state index in [9.17, 15) is 4.79 Å². The maximum Gasteiger partial charge on any atom is 0.322 e. The Kier molecular flexibility index (Phi) is 4.33. The molecule has 2 aliphatic rings. The molecule has 1 spiro atoms. The zero-order chi connectivity index (χ0) is 21.8. The number of carbonyl (C=O) groups excluding carboxylic acids is 1. The lowest BCUT2D eigenvalue weighted by molar-refractivity contribution is -0.154. The van der Waals surface area contributed by atoms with Crippen molar-refractivity contribution in [2.75, 3.05) is 18.1 Å². The number of esters is 1. The third-order valence-corrected chi connectivity index (χ3v) is 6.60. The van der Waals surface area contributed by atoms with Crippen LogP contribution in [0.15, 0.2) is 59.6 Å². The number of likely N-dealkylation sites (N-methyl/N-ethyl adjacent to an activating group) is 1. The molecule has 5 heteroatoms. The second-order valence-corrected chi connectivity index (χ2v) is 8.30. The minimum atomic E-state index is -1.11. The molecule has 158 valence electrons. The van der Waals surface area contributed by atoms with Gasteiger partial charge in [0, 0.05) is 17.6 Å². The fraction of sp³-hybridized carbons (Fsp3) is 0.308. The van der Waals surface area contributed by atoms with Gasteiger partial charge in [0.05, 0.1) is 12.8 Å². The summed E-state index contributed by atoms with van der Waals surface area (Å²) >= 11 is 0. The Bertz CT molecular complexity index is 1230. The van der Waals surface area contributed by atoms with Crippen LogP contribution in [0, 0.1) is 6.92 Å². The van der Waals surface area contributed by atoms with Crippen molar-refractivity contribution in [3.63, 3.8) is 0 Å². The Morgan fingerprint density at radius 1 is 1.13 bits per heavy atom. The molecular formula is C26H26N2O3. The Morgan fingerprint density at radius 3 is 2.71 bits per heavy atom. The van der Waals surface area contributed by atoms with Gasteiger partial charge in [0.1, 0.15) is 11.4 Å². The molecule has 5 nitrogen and oxygen atoms in total. The van der Waals surface area contributed by atoms with E-state index in [-0.39, 0.29) is 5.97 Å². The van der Waals surface area contributed by atoms with E-state index in [1.807, 2.05) is 51.1 Å². The lowest BCUT2D eigenvalue weighted by atomic mass is 9.75. The molecule has 2 atom stereocenters. The fourth-order valence-corrected chi connectivity index (χ4v) is 5.02. The van der Waals surface area contributed by atoms with Crippen LogP contribution in [0.25, 0.3) is 10.8 Å². The summed E-state index contributed by atoms with van der Waals surface area (Å²) in [5.41, 5.74) is 1.56. The smallest absolute Gasteiger partial charge is 0.322 e. The van der Waals surface area contributed by atoms with Crippen molar-refractivity contribution in [1.29, 1.82) is 0 Å². The summed E-state index contributed by atoms with van der Waals surface area (Å²) in [5, 5.41) is 2.13. The summed E-state index contributed by atoms with van der Waals surface area (Å²) in [5.74, 6) is 0.355. The number of ether oxygens (including phenoxy) is 2. The number of hydrogen-bond donors (Lipinski definition) is 0. The summed E-state index contributed by atoms with van der Waals surface area (Å²) in [6, 6.07) is 18.3. The number of carbonyl (C=O) groups is 1. The van der Waals surface area contributed by atoms with Crippen LogP contribution in [0.1, 0.15) is 31.9 Å². The average Bonchev–Trinajstić information content (AvgIpc) is 2.98. The Balaban J connectivity index is 1.76. The minimum absolute atomic E-state index is 0.302. The lowest BCUT2D eigenvalue weighted by Crippen LogP contribution is -2.66. The molecule has 3 aromatic rings. The highest BCUT2D eigenvalue weighted by molar-refractivity contribution is 6.04. The topological polar surface area (TPSA) is 51.1 Å². The summed E-state index contributed by atoms with van der Waals surface area (Å²) in [6.45, 7) is 8.79. The van der Waals surface area contributed by atoms with E-state index in [2.05, 4.69) is 36.1 Å². The van der Waals surface area contributed by atoms with Crippen LogP contribution in [-0.2, 0) is 14.9 Å². The highest BCUT2D eigenvalue weighted by Crippen LogP contribution is 2.55. The van der Waals surface area contributed by atoms with Gasteiger partial charge in [-0.1, -0.05) is 48.0 Å². The summed E-state index contributed by atoms with van der Waals surface area (Å²) < 4.78 is 12.4. The number of rotatable bonds is 3. The predicted molar refractivity (Wildman–Crippen MR) is 124 cm³/mol. The quantitative estimate of drug-likeness (QED) is 0.546. The molecule has 2 aliphatic heterocycles. The molecule has 0 saturated heterocycles. The van der Waals surface area contributed by atoms with Crippen molar-refractivity contribution >= 4 is 34.3 Å². The molecule has 0 aliphatic carbocycles. The third-order valence-electron chi connectivity index (χ3n) is 6.60. The van der Waals surface area contributed by atoms with Crippen LogP contribution in [0.3, 0.4) is 0 Å². The van der Waals surface area contributed by atoms with Gasteiger partial charge in [-0.25, -0.2) is 0 Å². The van der Waals surface area contributed by atoms with E-state index >= 15 is 0 Å². The molecule has 0 amide bonds. The van der Waals surface area contributed by atoms with E-state index in [0.29, 0.717) is 18.9 Å². The number of anilines is 1. The largest absolute Gasteiger partial charge is 0.465 e. The number of aliphatic imine (C=N–C) groups is 1. The summed E-state index contributed by atoms with van der Waals surface area (Å²) in [6.07, 6.45) is 1.80. The molecule has 0 bridgehead atoms. The Hall–Kier alpha value is -3.34. The molecule has 2 heterocycles. The molecule has 0 fully saturated rings. The first-order valence-corrected chi connectivity index (χ1v) is 10.8. The SMILES string of the molecule is CCOC(=O)C1(C)c2cc(C)ccc2N(CC)C12C=Nc1c(ccc3ccccc13)O2. The van der Waals surface area contributed by atoms with Crippen LogP contribution in [0.2, 0.25) is 0 Å². The van der Waals surface area contributed by atoms with Gasteiger partial charge in [0.15, 0.2) is 5.41 Å². The van der Waals surface area contributed by atoms with Crippen molar-refractivity contribution in [2.45, 2.75) is 38.8 Å². The first-order chi connectivity index (χ1) is 15.0. The van der Waals surface area contributed by atoms with Gasteiger partial charge < -0.3 is 14.4 Å². The molecular weight excluding hydrogens is 388 g/mol. The second-order valence-electron chi connectivity index (χ2n) is 8.30. The monoisotopic (exact) mass is 414 g/mol. The van der Waals surface area contributed by atoms with Gasteiger partial charge >= 0.3 is 5.97 Å². The number of benzene rings is 3. The van der Waals surface area contributed by atoms with Crippen molar-refractivity contribution in [2.24, 2.45) is 4.99 Å². The van der Waals surface area contributed by atoms with Crippen LogP contribution in [0.5, 0.6) is 5.75 Å². The number of fused-ring (bicyclic) bond motifs is 4. The van der Waals surface area contributed by atoms with Crippen LogP contribution in [0.4, 0.5) is 11.4 Å². The van der Waals surface area contributed by atoms with Gasteiger partial charge in [-0.05, 0) is 50.8 Å². The van der Waals surface area contributed by atoms with E-state index in [4.69, 9.17) is 14.5 Å². The maximum atomic E-state index is 13.5. The van der Waals surface area contributed by atoms with Gasteiger partial charge in [-0.15, -0.1) is 0 Å². The highest BCUT2D eigenvalue weighted by atomic mass is 16.6. The third kappa shape index (κ3) is 2.49. The molecule has 0 radical (unpaired) electrons. The second kappa shape index (κ2) is 6.84. The number of hydrogen-bond acceptors (Lipinski definition) is 5. The predicted octanol–water partition coefficient (Wildman–Crippen LogP) is 5.30. The van der Waals surface area contributed by atoms with Gasteiger partial charge in [-0.3, -0.25) is 9.79 Å². The van der Waals surface area contributed by atoms with Crippen molar-refractivity contribution in [1.82, 2.24) is 0 Å². The summed E-state index contributed by atoms with van der Waals surface area (Å²) in [4.78, 5) is 20.5. The van der Waals surface area contributed by atoms with E-state index in [1.54, 1.807) is 6.21 Å². The molecule has 0 saturated carbocycles. The van der Waals surface area contributed by atoms with Crippen LogP contribution in [-0.4, -0.2) is 31.1 Å². The minimum Gasteiger partial charge on any atom is -0.465 e. The molecule has 0 aromatic heterocycles. The van der Waals surface area contributed by atoms with E-state index in [0.717, 1.165) is 33.3 Å². The van der Waals surface area contributed by atoms with Crippen molar-refractivity contribution < 1.29 is 14.3 Å². The maximum absolute atomic E-state index is 13.5. The lowest BCUT2D eigenvalue weighted by Gasteiger charge is -2.45. The summed E-state index contributed by atoms with van der Waals surface area (Å²) in [7, 11) is 0. The molecule has 0 N–H and O–H groups in total. The van der Waals surface area contributed by atoms with Gasteiger partial charge in [0.2, 0.25) is 5.72 Å². The standard InChI is InChI=1S/C26H26N2O3/c1-5-28-21-13-11-17(3)15-20(21)25(4,24(29)30-6-2)26(28)16-27-23-19-10-8-7-9-18(19)12-14-22(23)31-26/h7-16H,5-6H2,1-4H3. The first-order valence-electron chi connectivity index (χ1n) is 10.8. The van der Waals surface area contributed by atoms with E-state index < -0.39 is 11.1 Å². The van der Waals surface area contributed by atoms with Crippen LogP contribution < -0.4 is 9.64 Å².